The summed E-state index contributed by atoms with van der Waals surface area (Å²) in [5.74, 6) is 0.340. The number of carbonyl (C=O) groups is 1. The Morgan fingerprint density at radius 3 is 2.56 bits per heavy atom. The zero-order valence-corrected chi connectivity index (χ0v) is 16.2. The molecule has 1 aromatic carbocycles. The molecule has 1 fully saturated rings. The molecule has 1 aliphatic heterocycles. The third kappa shape index (κ3) is 3.19. The van der Waals surface area contributed by atoms with Crippen LogP contribution in [0.25, 0.3) is 5.13 Å². The Kier molecular flexibility index (Phi) is 4.61. The number of aromatic hydroxyl groups is 1. The minimum absolute atomic E-state index is 0.0582. The molecule has 4 rings (SSSR count). The van der Waals surface area contributed by atoms with Gasteiger partial charge in [-0.2, -0.15) is 0 Å². The van der Waals surface area contributed by atoms with Gasteiger partial charge in [-0.05, 0) is 32.0 Å². The van der Waals surface area contributed by atoms with Gasteiger partial charge in [0.2, 0.25) is 0 Å². The number of piperazine rings is 1. The van der Waals surface area contributed by atoms with Crippen molar-refractivity contribution in [1.29, 1.82) is 0 Å². The highest BCUT2D eigenvalue weighted by Crippen LogP contribution is 2.28. The Morgan fingerprint density at radius 2 is 1.89 bits per heavy atom. The van der Waals surface area contributed by atoms with E-state index < -0.39 is 0 Å². The van der Waals surface area contributed by atoms with Crippen molar-refractivity contribution >= 4 is 22.9 Å². The van der Waals surface area contributed by atoms with Crippen LogP contribution in [0.1, 0.15) is 21.7 Å². The van der Waals surface area contributed by atoms with Crippen LogP contribution >= 0.6 is 11.3 Å². The predicted octanol–water partition coefficient (Wildman–Crippen LogP) is 3.22. The number of hydrogen-bond acceptors (Lipinski definition) is 5. The molecule has 0 aliphatic carbocycles. The summed E-state index contributed by atoms with van der Waals surface area (Å²) in [4.78, 5) is 21.5. The molecule has 2 aromatic heterocycles. The summed E-state index contributed by atoms with van der Waals surface area (Å²) >= 11 is 1.56. The van der Waals surface area contributed by atoms with E-state index in [4.69, 9.17) is 0 Å². The molecular formula is C20H22N4O2S. The molecule has 0 saturated carbocycles. The van der Waals surface area contributed by atoms with Crippen molar-refractivity contribution in [2.75, 3.05) is 31.1 Å². The number of nitrogens with zero attached hydrogens (tertiary/aromatic N) is 4. The van der Waals surface area contributed by atoms with Crippen molar-refractivity contribution in [3.05, 3.63) is 58.9 Å². The maximum Gasteiger partial charge on any atom is 0.255 e. The van der Waals surface area contributed by atoms with Crippen molar-refractivity contribution < 1.29 is 9.90 Å². The second kappa shape index (κ2) is 7.08. The van der Waals surface area contributed by atoms with Crippen LogP contribution in [0.15, 0.2) is 41.9 Å². The first-order chi connectivity index (χ1) is 13.1. The number of anilines is 1. The van der Waals surface area contributed by atoms with E-state index in [1.165, 1.54) is 0 Å². The first-order valence-corrected chi connectivity index (χ1v) is 9.85. The number of phenols is 1. The average Bonchev–Trinajstić information content (AvgIpc) is 3.29. The van der Waals surface area contributed by atoms with Crippen molar-refractivity contribution in [3.8, 4) is 10.9 Å². The molecule has 1 amide bonds. The molecule has 0 bridgehead atoms. The molecule has 27 heavy (non-hydrogen) atoms. The molecule has 3 aromatic rings. The number of benzene rings is 1. The van der Waals surface area contributed by atoms with Crippen LogP contribution in [0.5, 0.6) is 5.75 Å². The van der Waals surface area contributed by atoms with Crippen molar-refractivity contribution in [3.63, 3.8) is 0 Å². The number of aromatic nitrogens is 2. The van der Waals surface area contributed by atoms with Crippen LogP contribution in [0, 0.1) is 13.8 Å². The summed E-state index contributed by atoms with van der Waals surface area (Å²) < 4.78 is 2.04. The number of hydrogen-bond donors (Lipinski definition) is 1. The van der Waals surface area contributed by atoms with Gasteiger partial charge in [-0.3, -0.25) is 9.36 Å². The molecular weight excluding hydrogens is 360 g/mol. The summed E-state index contributed by atoms with van der Waals surface area (Å²) in [5.41, 5.74) is 3.50. The van der Waals surface area contributed by atoms with Gasteiger partial charge in [-0.15, -0.1) is 11.3 Å². The molecule has 0 radical (unpaired) electrons. The van der Waals surface area contributed by atoms with E-state index in [0.29, 0.717) is 26.2 Å². The molecule has 0 spiro atoms. The van der Waals surface area contributed by atoms with E-state index >= 15 is 0 Å². The number of rotatable bonds is 3. The van der Waals surface area contributed by atoms with Gasteiger partial charge in [-0.25, -0.2) is 4.98 Å². The number of amides is 1. The minimum Gasteiger partial charge on any atom is -0.506 e. The number of para-hydroxylation sites is 2. The van der Waals surface area contributed by atoms with Crippen LogP contribution in [-0.4, -0.2) is 51.6 Å². The summed E-state index contributed by atoms with van der Waals surface area (Å²) in [6, 6.07) is 9.29. The lowest BCUT2D eigenvalue weighted by molar-refractivity contribution is 0.0746. The van der Waals surface area contributed by atoms with Crippen molar-refractivity contribution in [2.45, 2.75) is 13.8 Å². The zero-order chi connectivity index (χ0) is 19.0. The molecule has 1 aliphatic rings. The Morgan fingerprint density at radius 1 is 1.15 bits per heavy atom. The highest BCUT2D eigenvalue weighted by Gasteiger charge is 2.26. The lowest BCUT2D eigenvalue weighted by Crippen LogP contribution is -2.48. The molecule has 1 saturated heterocycles. The second-order valence-corrected chi connectivity index (χ2v) is 7.58. The number of phenolic OH excluding ortho intramolecular Hbond substituents is 1. The molecule has 6 nitrogen and oxygen atoms in total. The van der Waals surface area contributed by atoms with E-state index in [-0.39, 0.29) is 11.7 Å². The molecule has 0 unspecified atom stereocenters. The van der Waals surface area contributed by atoms with Gasteiger partial charge in [0.05, 0.1) is 11.3 Å². The normalized spacial score (nSPS) is 14.6. The van der Waals surface area contributed by atoms with Gasteiger partial charge < -0.3 is 14.9 Å². The van der Waals surface area contributed by atoms with Gasteiger partial charge in [0.15, 0.2) is 5.13 Å². The van der Waals surface area contributed by atoms with Crippen molar-refractivity contribution in [1.82, 2.24) is 14.5 Å². The van der Waals surface area contributed by atoms with Gasteiger partial charge in [0, 0.05) is 49.1 Å². The van der Waals surface area contributed by atoms with Crippen LogP contribution in [-0.2, 0) is 0 Å². The van der Waals surface area contributed by atoms with E-state index in [1.807, 2.05) is 53.0 Å². The topological polar surface area (TPSA) is 61.6 Å². The van der Waals surface area contributed by atoms with Crippen LogP contribution in [0.3, 0.4) is 0 Å². The Bertz CT molecular complexity index is 957. The SMILES string of the molecule is Cc1cc(C(=O)N2CCN(c3ccccc3O)CC2)c(C)n1-c1nccs1. The smallest absolute Gasteiger partial charge is 0.255 e. The quantitative estimate of drug-likeness (QED) is 0.756. The third-order valence-corrected chi connectivity index (χ3v) is 5.82. The van der Waals surface area contributed by atoms with Crippen LogP contribution in [0.4, 0.5) is 5.69 Å². The summed E-state index contributed by atoms with van der Waals surface area (Å²) in [5, 5.41) is 12.9. The zero-order valence-electron chi connectivity index (χ0n) is 15.4. The maximum absolute atomic E-state index is 13.1. The molecule has 140 valence electrons. The monoisotopic (exact) mass is 382 g/mol. The van der Waals surface area contributed by atoms with Crippen LogP contribution < -0.4 is 4.90 Å². The molecule has 3 heterocycles. The van der Waals surface area contributed by atoms with Crippen molar-refractivity contribution in [2.24, 2.45) is 0 Å². The number of aryl methyl sites for hydroxylation is 1. The highest BCUT2D eigenvalue weighted by molar-refractivity contribution is 7.12. The maximum atomic E-state index is 13.1. The largest absolute Gasteiger partial charge is 0.506 e. The fourth-order valence-corrected chi connectivity index (χ4v) is 4.40. The van der Waals surface area contributed by atoms with E-state index in [1.54, 1.807) is 23.6 Å². The fraction of sp³-hybridized carbons (Fsp3) is 0.300. The molecule has 0 atom stereocenters. The molecule has 7 heteroatoms. The van der Waals surface area contributed by atoms with Gasteiger partial charge >= 0.3 is 0 Å². The summed E-state index contributed by atoms with van der Waals surface area (Å²) in [6.45, 7) is 6.65. The Labute approximate surface area is 162 Å². The average molecular weight is 382 g/mol. The predicted molar refractivity (Wildman–Crippen MR) is 107 cm³/mol. The lowest BCUT2D eigenvalue weighted by atomic mass is 10.2. The summed E-state index contributed by atoms with van der Waals surface area (Å²) in [7, 11) is 0. The van der Waals surface area contributed by atoms with Crippen LogP contribution in [0.2, 0.25) is 0 Å². The molecule has 1 N–H and O–H groups in total. The van der Waals surface area contributed by atoms with Gasteiger partial charge in [-0.1, -0.05) is 12.1 Å². The van der Waals surface area contributed by atoms with E-state index in [9.17, 15) is 9.90 Å². The lowest BCUT2D eigenvalue weighted by Gasteiger charge is -2.36. The number of thiazole rings is 1. The summed E-state index contributed by atoms with van der Waals surface area (Å²) in [6.07, 6.45) is 1.78. The standard InChI is InChI=1S/C20H22N4O2S/c1-14-13-16(15(2)24(14)20-21-7-12-27-20)19(26)23-10-8-22(9-11-23)17-5-3-4-6-18(17)25/h3-7,12-13,25H,8-11H2,1-2H3. The van der Waals surface area contributed by atoms with E-state index in [0.717, 1.165) is 27.8 Å². The van der Waals surface area contributed by atoms with Gasteiger partial charge in [0.25, 0.3) is 5.91 Å². The first kappa shape index (κ1) is 17.6. The fourth-order valence-electron chi connectivity index (χ4n) is 3.65. The Balaban J connectivity index is 1.51. The number of carbonyl (C=O) groups excluding carboxylic acids is 1. The third-order valence-electron chi connectivity index (χ3n) is 5.06. The second-order valence-electron chi connectivity index (χ2n) is 6.70. The minimum atomic E-state index is 0.0582. The van der Waals surface area contributed by atoms with Gasteiger partial charge in [0.1, 0.15) is 5.75 Å². The first-order valence-electron chi connectivity index (χ1n) is 8.97. The highest BCUT2D eigenvalue weighted by atomic mass is 32.1. The Hall–Kier alpha value is -2.80. The van der Waals surface area contributed by atoms with E-state index in [2.05, 4.69) is 9.88 Å².